The van der Waals surface area contributed by atoms with Crippen molar-refractivity contribution in [2.24, 2.45) is 0 Å². The maximum Gasteiger partial charge on any atom is 0.181 e. The number of aromatic nitrogens is 5. The second-order valence-electron chi connectivity index (χ2n) is 3.38. The average molecular weight is 266 g/mol. The van der Waals surface area contributed by atoms with Gasteiger partial charge in [0.1, 0.15) is 17.7 Å². The van der Waals surface area contributed by atoms with Crippen molar-refractivity contribution in [3.8, 4) is 22.9 Å². The third kappa shape index (κ3) is 1.84. The number of halogens is 2. The molecule has 0 saturated heterocycles. The summed E-state index contributed by atoms with van der Waals surface area (Å²) < 4.78 is 17.7. The van der Waals surface area contributed by atoms with Gasteiger partial charge in [0.15, 0.2) is 16.8 Å². The van der Waals surface area contributed by atoms with Crippen molar-refractivity contribution < 1.29 is 8.91 Å². The number of aromatic amines is 1. The molecule has 0 unspecified atom stereocenters. The molecule has 0 spiro atoms. The lowest BCUT2D eigenvalue weighted by atomic mass is 10.3. The van der Waals surface area contributed by atoms with Gasteiger partial charge in [-0.3, -0.25) is 5.10 Å². The Balaban J connectivity index is 2.00. The van der Waals surface area contributed by atoms with E-state index in [1.54, 1.807) is 12.1 Å². The number of nitrogens with zero attached hydrogens (tertiary/aromatic N) is 4. The Morgan fingerprint density at radius 2 is 2.22 bits per heavy atom. The highest BCUT2D eigenvalue weighted by Gasteiger charge is 2.12. The highest BCUT2D eigenvalue weighted by Crippen LogP contribution is 2.21. The first-order valence-corrected chi connectivity index (χ1v) is 5.26. The largest absolute Gasteiger partial charge is 0.364 e. The standard InChI is InChI=1S/C10H5ClFN5O/c11-9-5(12)4-13-10(14-9)8-3-7(15-16-8)6-1-2-18-17-6/h1-4H,(H,15,16). The third-order valence-corrected chi connectivity index (χ3v) is 2.49. The normalized spacial score (nSPS) is 10.8. The van der Waals surface area contributed by atoms with Crippen molar-refractivity contribution in [2.45, 2.75) is 0 Å². The quantitative estimate of drug-likeness (QED) is 0.719. The van der Waals surface area contributed by atoms with Gasteiger partial charge in [-0.1, -0.05) is 16.8 Å². The molecule has 3 heterocycles. The van der Waals surface area contributed by atoms with E-state index in [0.717, 1.165) is 6.20 Å². The lowest BCUT2D eigenvalue weighted by molar-refractivity contribution is 0.422. The molecule has 18 heavy (non-hydrogen) atoms. The van der Waals surface area contributed by atoms with E-state index < -0.39 is 5.82 Å². The predicted molar refractivity (Wildman–Crippen MR) is 60.1 cm³/mol. The summed E-state index contributed by atoms with van der Waals surface area (Å²) in [6.07, 6.45) is 2.44. The molecule has 0 saturated carbocycles. The second kappa shape index (κ2) is 4.19. The Bertz CT molecular complexity index is 681. The van der Waals surface area contributed by atoms with Crippen LogP contribution in [0.4, 0.5) is 4.39 Å². The van der Waals surface area contributed by atoms with Crippen molar-refractivity contribution in [1.29, 1.82) is 0 Å². The minimum absolute atomic E-state index is 0.229. The van der Waals surface area contributed by atoms with Crippen LogP contribution < -0.4 is 0 Å². The Morgan fingerprint density at radius 3 is 2.94 bits per heavy atom. The zero-order valence-electron chi connectivity index (χ0n) is 8.76. The first-order valence-electron chi connectivity index (χ1n) is 4.88. The Morgan fingerprint density at radius 1 is 1.33 bits per heavy atom. The molecule has 0 radical (unpaired) electrons. The van der Waals surface area contributed by atoms with Gasteiger partial charge in [-0.05, 0) is 6.07 Å². The molecule has 0 amide bonds. The van der Waals surface area contributed by atoms with Gasteiger partial charge in [-0.2, -0.15) is 5.10 Å². The van der Waals surface area contributed by atoms with Crippen LogP contribution in [0.15, 0.2) is 29.1 Å². The molecule has 0 aromatic carbocycles. The van der Waals surface area contributed by atoms with Crippen LogP contribution in [-0.2, 0) is 0 Å². The van der Waals surface area contributed by atoms with E-state index in [1.165, 1.54) is 6.26 Å². The van der Waals surface area contributed by atoms with Crippen LogP contribution in [0.3, 0.4) is 0 Å². The van der Waals surface area contributed by atoms with Crippen LogP contribution >= 0.6 is 11.6 Å². The van der Waals surface area contributed by atoms with Crippen LogP contribution in [0.2, 0.25) is 5.15 Å². The van der Waals surface area contributed by atoms with Crippen LogP contribution in [0.5, 0.6) is 0 Å². The van der Waals surface area contributed by atoms with Gasteiger partial charge in [0.2, 0.25) is 0 Å². The topological polar surface area (TPSA) is 80.5 Å². The third-order valence-electron chi connectivity index (χ3n) is 2.22. The molecule has 3 aromatic heterocycles. The van der Waals surface area contributed by atoms with E-state index in [2.05, 4.69) is 25.3 Å². The Labute approximate surface area is 105 Å². The summed E-state index contributed by atoms with van der Waals surface area (Å²) >= 11 is 5.58. The summed E-state index contributed by atoms with van der Waals surface area (Å²) in [6.45, 7) is 0. The molecular weight excluding hydrogens is 261 g/mol. The highest BCUT2D eigenvalue weighted by atomic mass is 35.5. The molecule has 0 atom stereocenters. The van der Waals surface area contributed by atoms with Crippen LogP contribution in [0.25, 0.3) is 22.9 Å². The van der Waals surface area contributed by atoms with E-state index in [4.69, 9.17) is 16.1 Å². The summed E-state index contributed by atoms with van der Waals surface area (Å²) in [5.74, 6) is -0.444. The summed E-state index contributed by atoms with van der Waals surface area (Å²) in [7, 11) is 0. The van der Waals surface area contributed by atoms with Gasteiger partial charge in [0.25, 0.3) is 0 Å². The highest BCUT2D eigenvalue weighted by molar-refractivity contribution is 6.29. The van der Waals surface area contributed by atoms with E-state index >= 15 is 0 Å². The zero-order chi connectivity index (χ0) is 12.5. The molecule has 8 heteroatoms. The molecule has 0 aliphatic rings. The van der Waals surface area contributed by atoms with Gasteiger partial charge in [-0.15, -0.1) is 0 Å². The molecule has 0 aliphatic carbocycles. The summed E-state index contributed by atoms with van der Waals surface area (Å²) in [6, 6.07) is 3.34. The van der Waals surface area contributed by atoms with Crippen LogP contribution in [-0.4, -0.2) is 25.3 Å². The van der Waals surface area contributed by atoms with Gasteiger partial charge < -0.3 is 4.52 Å². The van der Waals surface area contributed by atoms with Crippen molar-refractivity contribution >= 4 is 11.6 Å². The van der Waals surface area contributed by atoms with Crippen molar-refractivity contribution in [1.82, 2.24) is 25.3 Å². The zero-order valence-corrected chi connectivity index (χ0v) is 9.52. The van der Waals surface area contributed by atoms with Crippen molar-refractivity contribution in [3.05, 3.63) is 35.6 Å². The van der Waals surface area contributed by atoms with E-state index in [9.17, 15) is 4.39 Å². The summed E-state index contributed by atoms with van der Waals surface area (Å²) in [5, 5.41) is 10.3. The van der Waals surface area contributed by atoms with E-state index in [1.807, 2.05) is 0 Å². The monoisotopic (exact) mass is 265 g/mol. The van der Waals surface area contributed by atoms with Crippen molar-refractivity contribution in [2.75, 3.05) is 0 Å². The number of hydrogen-bond donors (Lipinski definition) is 1. The number of hydrogen-bond acceptors (Lipinski definition) is 5. The minimum atomic E-state index is -0.673. The first-order chi connectivity index (χ1) is 8.74. The molecule has 0 bridgehead atoms. The molecule has 90 valence electrons. The number of H-pyrrole nitrogens is 1. The fourth-order valence-electron chi connectivity index (χ4n) is 1.39. The molecule has 0 fully saturated rings. The maximum absolute atomic E-state index is 12.9. The molecular formula is C10H5ClFN5O. The summed E-state index contributed by atoms with van der Waals surface area (Å²) in [4.78, 5) is 7.60. The number of rotatable bonds is 2. The molecule has 6 nitrogen and oxygen atoms in total. The smallest absolute Gasteiger partial charge is 0.181 e. The van der Waals surface area contributed by atoms with Gasteiger partial charge in [0.05, 0.1) is 11.9 Å². The molecule has 3 aromatic rings. The van der Waals surface area contributed by atoms with Gasteiger partial charge in [-0.25, -0.2) is 14.4 Å². The number of nitrogens with one attached hydrogen (secondary N) is 1. The summed E-state index contributed by atoms with van der Waals surface area (Å²) in [5.41, 5.74) is 1.68. The van der Waals surface area contributed by atoms with Crippen LogP contribution in [0.1, 0.15) is 0 Å². The minimum Gasteiger partial charge on any atom is -0.364 e. The van der Waals surface area contributed by atoms with Crippen LogP contribution in [0, 0.1) is 5.82 Å². The predicted octanol–water partition coefficient (Wildman–Crippen LogP) is 2.31. The van der Waals surface area contributed by atoms with Crippen molar-refractivity contribution in [3.63, 3.8) is 0 Å². The van der Waals surface area contributed by atoms with E-state index in [0.29, 0.717) is 17.1 Å². The first kappa shape index (κ1) is 10.8. The molecule has 1 N–H and O–H groups in total. The van der Waals surface area contributed by atoms with Gasteiger partial charge >= 0.3 is 0 Å². The average Bonchev–Trinajstić information content (AvgIpc) is 3.01. The lowest BCUT2D eigenvalue weighted by Crippen LogP contribution is -1.92. The maximum atomic E-state index is 12.9. The fraction of sp³-hybridized carbons (Fsp3) is 0. The van der Waals surface area contributed by atoms with Gasteiger partial charge in [0, 0.05) is 6.07 Å². The van der Waals surface area contributed by atoms with E-state index in [-0.39, 0.29) is 11.0 Å². The molecule has 3 rings (SSSR count). The Kier molecular flexibility index (Phi) is 2.52. The fourth-order valence-corrected chi connectivity index (χ4v) is 1.52. The Hall–Kier alpha value is -2.28. The SMILES string of the molecule is Fc1cnc(-c2cc(-c3ccon3)[nH]n2)nc1Cl. The second-order valence-corrected chi connectivity index (χ2v) is 3.74. The molecule has 0 aliphatic heterocycles. The lowest BCUT2D eigenvalue weighted by Gasteiger charge is -1.95.